The highest BCUT2D eigenvalue weighted by molar-refractivity contribution is 5.92. The van der Waals surface area contributed by atoms with Crippen LogP contribution in [0.5, 0.6) is 5.88 Å². The smallest absolute Gasteiger partial charge is 0.335 e. The van der Waals surface area contributed by atoms with Crippen LogP contribution in [0.1, 0.15) is 52.1 Å². The van der Waals surface area contributed by atoms with E-state index in [1.165, 1.54) is 24.3 Å². The Hall–Kier alpha value is -5.14. The van der Waals surface area contributed by atoms with Crippen LogP contribution < -0.4 is 4.74 Å². The van der Waals surface area contributed by atoms with E-state index in [9.17, 15) is 14.3 Å². The topological polar surface area (TPSA) is 110 Å². The van der Waals surface area contributed by atoms with Crippen LogP contribution in [0, 0.1) is 28.4 Å². The number of hydrogen-bond acceptors (Lipinski definition) is 6. The van der Waals surface area contributed by atoms with Crippen molar-refractivity contribution in [3.63, 3.8) is 0 Å². The predicted octanol–water partition coefficient (Wildman–Crippen LogP) is 6.93. The van der Waals surface area contributed by atoms with Crippen LogP contribution in [0.3, 0.4) is 0 Å². The van der Waals surface area contributed by atoms with E-state index in [-0.39, 0.29) is 41.0 Å². The molecule has 1 aliphatic rings. The number of carbonyl (C=O) groups is 1. The van der Waals surface area contributed by atoms with E-state index in [1.54, 1.807) is 49.6 Å². The van der Waals surface area contributed by atoms with Crippen LogP contribution in [0.25, 0.3) is 22.3 Å². The molecule has 1 aliphatic carbocycles. The van der Waals surface area contributed by atoms with Crippen LogP contribution in [-0.2, 0) is 24.3 Å². The van der Waals surface area contributed by atoms with Gasteiger partial charge in [0.05, 0.1) is 33.9 Å². The molecule has 5 aromatic rings. The van der Waals surface area contributed by atoms with E-state index in [0.717, 1.165) is 25.3 Å². The Morgan fingerprint density at radius 2 is 1.82 bits per heavy atom. The van der Waals surface area contributed by atoms with Crippen molar-refractivity contribution >= 4 is 17.0 Å². The van der Waals surface area contributed by atoms with Gasteiger partial charge in [0.25, 0.3) is 0 Å². The number of fused-ring (bicyclic) bond motifs is 1. The van der Waals surface area contributed by atoms with E-state index >= 15 is 4.39 Å². The number of rotatable bonds is 12. The molecule has 0 saturated heterocycles. The van der Waals surface area contributed by atoms with Crippen molar-refractivity contribution in [2.75, 3.05) is 13.7 Å². The largest absolute Gasteiger partial charge is 0.478 e. The summed E-state index contributed by atoms with van der Waals surface area (Å²) in [6, 6.07) is 20.9. The molecule has 0 amide bonds. The van der Waals surface area contributed by atoms with E-state index < -0.39 is 17.6 Å². The average Bonchev–Trinajstić information content (AvgIpc) is 3.74. The van der Waals surface area contributed by atoms with Crippen molar-refractivity contribution < 1.29 is 28.2 Å². The fourth-order valence-corrected chi connectivity index (χ4v) is 5.50. The lowest BCUT2D eigenvalue weighted by molar-refractivity contribution is 0.0697. The molecule has 1 N–H and O–H groups in total. The molecule has 45 heavy (non-hydrogen) atoms. The van der Waals surface area contributed by atoms with Crippen LogP contribution in [0.4, 0.5) is 8.78 Å². The number of nitriles is 1. The minimum absolute atomic E-state index is 0.0463. The number of aromatic carboxylic acids is 1. The first-order valence-corrected chi connectivity index (χ1v) is 14.6. The molecule has 6 rings (SSSR count). The third-order valence-corrected chi connectivity index (χ3v) is 8.34. The highest BCUT2D eigenvalue weighted by Crippen LogP contribution is 2.51. The molecule has 0 bridgehead atoms. The van der Waals surface area contributed by atoms with Gasteiger partial charge in [0.15, 0.2) is 0 Å². The van der Waals surface area contributed by atoms with Crippen molar-refractivity contribution in [3.8, 4) is 23.2 Å². The second kappa shape index (κ2) is 12.5. The van der Waals surface area contributed by atoms with Gasteiger partial charge >= 0.3 is 5.97 Å². The van der Waals surface area contributed by atoms with Crippen LogP contribution in [0.2, 0.25) is 0 Å². The van der Waals surface area contributed by atoms with Crippen molar-refractivity contribution in [1.29, 1.82) is 5.26 Å². The molecule has 3 aromatic carbocycles. The summed E-state index contributed by atoms with van der Waals surface area (Å²) in [7, 11) is 1.68. The SMILES string of the molecule is COCCC1(Cn2c(Cc3ccc(-c4cccc(OCc5ccc(C#N)cc5F)n4)cc3F)nc3ccc(C(=O)O)cc32)CC1. The molecule has 0 unspecified atom stereocenters. The number of methoxy groups -OCH3 is 1. The number of imidazole rings is 1. The van der Waals surface area contributed by atoms with Gasteiger partial charge in [-0.25, -0.2) is 23.5 Å². The molecular formula is C35H30F2N4O4. The fourth-order valence-electron chi connectivity index (χ4n) is 5.50. The maximum absolute atomic E-state index is 15.6. The number of nitrogens with zero attached hydrogens (tertiary/aromatic N) is 4. The van der Waals surface area contributed by atoms with E-state index in [2.05, 4.69) is 4.98 Å². The van der Waals surface area contributed by atoms with Gasteiger partial charge in [-0.05, 0) is 72.7 Å². The molecular weight excluding hydrogens is 578 g/mol. The van der Waals surface area contributed by atoms with Gasteiger partial charge in [-0.15, -0.1) is 0 Å². The van der Waals surface area contributed by atoms with Gasteiger partial charge < -0.3 is 19.1 Å². The van der Waals surface area contributed by atoms with Crippen molar-refractivity contribution in [3.05, 3.63) is 113 Å². The maximum Gasteiger partial charge on any atom is 0.335 e. The first-order valence-electron chi connectivity index (χ1n) is 14.6. The second-order valence-electron chi connectivity index (χ2n) is 11.4. The molecule has 2 aromatic heterocycles. The minimum Gasteiger partial charge on any atom is -0.478 e. The Bertz CT molecular complexity index is 1940. The zero-order chi connectivity index (χ0) is 31.6. The number of ether oxygens (including phenoxy) is 2. The van der Waals surface area contributed by atoms with Gasteiger partial charge in [-0.2, -0.15) is 5.26 Å². The lowest BCUT2D eigenvalue weighted by Gasteiger charge is -2.18. The van der Waals surface area contributed by atoms with Crippen molar-refractivity contribution in [2.45, 2.75) is 38.8 Å². The molecule has 228 valence electrons. The van der Waals surface area contributed by atoms with Gasteiger partial charge in [0, 0.05) is 43.9 Å². The quantitative estimate of drug-likeness (QED) is 0.164. The predicted molar refractivity (Wildman–Crippen MR) is 163 cm³/mol. The zero-order valence-electron chi connectivity index (χ0n) is 24.6. The minimum atomic E-state index is -1.02. The summed E-state index contributed by atoms with van der Waals surface area (Å²) >= 11 is 0. The normalized spacial score (nSPS) is 13.5. The molecule has 0 aliphatic heterocycles. The standard InChI is InChI=1S/C35H30F2N4O4/c1-44-14-13-35(11-12-35)21-41-31-17-25(34(42)43)9-10-30(31)39-32(41)18-23-7-8-24(16-28(23)37)29-3-2-4-33(40-29)45-20-26-6-5-22(19-38)15-27(26)36/h2-10,15-17H,11-14,18,20-21H2,1H3,(H,42,43). The van der Waals surface area contributed by atoms with Gasteiger partial charge in [-0.1, -0.05) is 24.3 Å². The number of halogens is 2. The first kappa shape index (κ1) is 29.9. The number of carboxylic acid groups (broad SMARTS) is 1. The number of benzene rings is 3. The summed E-state index contributed by atoms with van der Waals surface area (Å²) in [5.41, 5.74) is 3.58. The van der Waals surface area contributed by atoms with E-state index in [0.29, 0.717) is 46.8 Å². The van der Waals surface area contributed by atoms with Gasteiger partial charge in [0.2, 0.25) is 5.88 Å². The fraction of sp³-hybridized carbons (Fsp3) is 0.257. The van der Waals surface area contributed by atoms with Gasteiger partial charge in [0.1, 0.15) is 24.1 Å². The van der Waals surface area contributed by atoms with Gasteiger partial charge in [-0.3, -0.25) is 0 Å². The molecule has 0 spiro atoms. The molecule has 8 nitrogen and oxygen atoms in total. The maximum atomic E-state index is 15.6. The second-order valence-corrected chi connectivity index (χ2v) is 11.4. The third kappa shape index (κ3) is 6.54. The van der Waals surface area contributed by atoms with Crippen molar-refractivity contribution in [2.24, 2.45) is 5.41 Å². The number of hydrogen-bond donors (Lipinski definition) is 1. The highest BCUT2D eigenvalue weighted by Gasteiger charge is 2.43. The van der Waals surface area contributed by atoms with E-state index in [1.807, 2.05) is 10.6 Å². The Morgan fingerprint density at radius 3 is 2.53 bits per heavy atom. The Labute approximate surface area is 258 Å². The summed E-state index contributed by atoms with van der Waals surface area (Å²) < 4.78 is 42.9. The lowest BCUT2D eigenvalue weighted by atomic mass is 10.0. The number of aromatic nitrogens is 3. The molecule has 0 radical (unpaired) electrons. The summed E-state index contributed by atoms with van der Waals surface area (Å²) in [6.07, 6.45) is 3.17. The zero-order valence-corrected chi connectivity index (χ0v) is 24.6. The van der Waals surface area contributed by atoms with Crippen LogP contribution in [0.15, 0.2) is 72.8 Å². The summed E-state index contributed by atoms with van der Waals surface area (Å²) in [5, 5.41) is 18.5. The summed E-state index contributed by atoms with van der Waals surface area (Å²) in [6.45, 7) is 1.20. The third-order valence-electron chi connectivity index (χ3n) is 8.34. The van der Waals surface area contributed by atoms with E-state index in [4.69, 9.17) is 19.7 Å². The molecule has 1 fully saturated rings. The lowest BCUT2D eigenvalue weighted by Crippen LogP contribution is -2.16. The molecule has 1 saturated carbocycles. The Kier molecular flexibility index (Phi) is 8.28. The van der Waals surface area contributed by atoms with Crippen molar-refractivity contribution in [1.82, 2.24) is 14.5 Å². The van der Waals surface area contributed by atoms with Crippen LogP contribution >= 0.6 is 0 Å². The summed E-state index contributed by atoms with van der Waals surface area (Å²) in [4.78, 5) is 21.0. The highest BCUT2D eigenvalue weighted by atomic mass is 19.1. The average molecular weight is 609 g/mol. The Morgan fingerprint density at radius 1 is 1.02 bits per heavy atom. The Balaban J connectivity index is 1.24. The number of carboxylic acids is 1. The summed E-state index contributed by atoms with van der Waals surface area (Å²) in [5.74, 6) is -1.08. The molecule has 10 heteroatoms. The first-order chi connectivity index (χ1) is 21.8. The molecule has 2 heterocycles. The molecule has 0 atom stereocenters. The van der Waals surface area contributed by atoms with Crippen LogP contribution in [-0.4, -0.2) is 39.3 Å². The number of pyridine rings is 1. The monoisotopic (exact) mass is 608 g/mol.